The van der Waals surface area contributed by atoms with Crippen LogP contribution in [0.25, 0.3) is 0 Å². The Morgan fingerprint density at radius 2 is 2.43 bits per heavy atom. The summed E-state index contributed by atoms with van der Waals surface area (Å²) in [6.07, 6.45) is 4.28. The fourth-order valence-corrected chi connectivity index (χ4v) is 2.47. The molecular formula is C9H10N4S. The zero-order chi connectivity index (χ0) is 9.80. The van der Waals surface area contributed by atoms with Crippen LogP contribution in [0.4, 0.5) is 5.82 Å². The molecule has 1 saturated heterocycles. The fraction of sp³-hybridized carbons (Fsp3) is 0.444. The first-order valence-electron chi connectivity index (χ1n) is 4.45. The molecule has 1 N–H and O–H groups in total. The molecule has 1 fully saturated rings. The average molecular weight is 206 g/mol. The SMILES string of the molecule is N#Cc1cnc(NC2CCSC2)cn1. The van der Waals surface area contributed by atoms with E-state index in [4.69, 9.17) is 5.26 Å². The highest BCUT2D eigenvalue weighted by Gasteiger charge is 2.15. The van der Waals surface area contributed by atoms with Crippen molar-refractivity contribution in [1.82, 2.24) is 9.97 Å². The Kier molecular flexibility index (Phi) is 2.84. The van der Waals surface area contributed by atoms with Gasteiger partial charge in [0, 0.05) is 11.8 Å². The largest absolute Gasteiger partial charge is 0.365 e. The number of nitrogens with one attached hydrogen (secondary N) is 1. The van der Waals surface area contributed by atoms with Crippen LogP contribution < -0.4 is 5.32 Å². The quantitative estimate of drug-likeness (QED) is 0.789. The molecule has 0 spiro atoms. The standard InChI is InChI=1S/C9H10N4S/c10-3-8-4-12-9(5-11-8)13-7-1-2-14-6-7/h4-5,7H,1-2,6H2,(H,12,13). The first-order chi connectivity index (χ1) is 6.88. The Morgan fingerprint density at radius 1 is 1.50 bits per heavy atom. The molecule has 1 atom stereocenters. The lowest BCUT2D eigenvalue weighted by Gasteiger charge is -2.10. The minimum Gasteiger partial charge on any atom is -0.365 e. The van der Waals surface area contributed by atoms with Crippen LogP contribution in [0.1, 0.15) is 12.1 Å². The lowest BCUT2D eigenvalue weighted by molar-refractivity contribution is 0.805. The van der Waals surface area contributed by atoms with E-state index in [0.29, 0.717) is 11.7 Å². The van der Waals surface area contributed by atoms with E-state index in [1.807, 2.05) is 17.8 Å². The van der Waals surface area contributed by atoms with Crippen molar-refractivity contribution < 1.29 is 0 Å². The van der Waals surface area contributed by atoms with E-state index in [1.165, 1.54) is 18.4 Å². The molecule has 2 heterocycles. The van der Waals surface area contributed by atoms with Crippen molar-refractivity contribution >= 4 is 17.6 Å². The second-order valence-electron chi connectivity index (χ2n) is 3.10. The molecule has 72 valence electrons. The second-order valence-corrected chi connectivity index (χ2v) is 4.25. The Labute approximate surface area is 86.8 Å². The highest BCUT2D eigenvalue weighted by atomic mass is 32.2. The number of nitrogens with zero attached hydrogens (tertiary/aromatic N) is 3. The van der Waals surface area contributed by atoms with Crippen LogP contribution in [0, 0.1) is 11.3 Å². The minimum atomic E-state index is 0.358. The normalized spacial score (nSPS) is 20.4. The van der Waals surface area contributed by atoms with Gasteiger partial charge in [-0.2, -0.15) is 17.0 Å². The summed E-state index contributed by atoms with van der Waals surface area (Å²) in [7, 11) is 0. The lowest BCUT2D eigenvalue weighted by atomic mass is 10.3. The minimum absolute atomic E-state index is 0.358. The number of hydrogen-bond acceptors (Lipinski definition) is 5. The highest BCUT2D eigenvalue weighted by molar-refractivity contribution is 7.99. The van der Waals surface area contributed by atoms with Crippen LogP contribution in [0.3, 0.4) is 0 Å². The molecule has 1 unspecified atom stereocenters. The molecule has 0 amide bonds. The van der Waals surface area contributed by atoms with Crippen molar-refractivity contribution in [2.75, 3.05) is 16.8 Å². The molecule has 0 aliphatic carbocycles. The zero-order valence-corrected chi connectivity index (χ0v) is 8.42. The average Bonchev–Trinajstić information content (AvgIpc) is 2.72. The number of hydrogen-bond donors (Lipinski definition) is 1. The molecule has 0 aromatic carbocycles. The van der Waals surface area contributed by atoms with Crippen LogP contribution in [-0.2, 0) is 0 Å². The predicted molar refractivity (Wildman–Crippen MR) is 56.1 cm³/mol. The summed E-state index contributed by atoms with van der Waals surface area (Å²) in [5.41, 5.74) is 0.358. The maximum Gasteiger partial charge on any atom is 0.158 e. The lowest BCUT2D eigenvalue weighted by Crippen LogP contribution is -2.18. The van der Waals surface area contributed by atoms with E-state index in [1.54, 1.807) is 6.20 Å². The first-order valence-corrected chi connectivity index (χ1v) is 5.60. The summed E-state index contributed by atoms with van der Waals surface area (Å²) in [6.45, 7) is 0. The first kappa shape index (κ1) is 9.28. The smallest absolute Gasteiger partial charge is 0.158 e. The van der Waals surface area contributed by atoms with Gasteiger partial charge in [0.1, 0.15) is 11.9 Å². The van der Waals surface area contributed by atoms with Gasteiger partial charge in [-0.15, -0.1) is 0 Å². The van der Waals surface area contributed by atoms with Gasteiger partial charge in [0.25, 0.3) is 0 Å². The molecule has 14 heavy (non-hydrogen) atoms. The second kappa shape index (κ2) is 4.29. The fourth-order valence-electron chi connectivity index (χ4n) is 1.32. The summed E-state index contributed by atoms with van der Waals surface area (Å²) in [4.78, 5) is 8.05. The number of anilines is 1. The van der Waals surface area contributed by atoms with Gasteiger partial charge >= 0.3 is 0 Å². The molecule has 0 bridgehead atoms. The molecule has 1 aliphatic heterocycles. The molecule has 1 aromatic heterocycles. The number of rotatable bonds is 2. The summed E-state index contributed by atoms with van der Waals surface area (Å²) in [5.74, 6) is 3.10. The van der Waals surface area contributed by atoms with Gasteiger partial charge in [0.15, 0.2) is 5.69 Å². The summed E-state index contributed by atoms with van der Waals surface area (Å²) < 4.78 is 0. The van der Waals surface area contributed by atoms with Gasteiger partial charge < -0.3 is 5.32 Å². The Bertz CT molecular complexity index is 337. The number of aromatic nitrogens is 2. The monoisotopic (exact) mass is 206 g/mol. The van der Waals surface area contributed by atoms with E-state index in [9.17, 15) is 0 Å². The van der Waals surface area contributed by atoms with Gasteiger partial charge in [-0.05, 0) is 12.2 Å². The van der Waals surface area contributed by atoms with Gasteiger partial charge in [-0.25, -0.2) is 9.97 Å². The van der Waals surface area contributed by atoms with Crippen LogP contribution in [-0.4, -0.2) is 27.5 Å². The van der Waals surface area contributed by atoms with Crippen LogP contribution in [0.2, 0.25) is 0 Å². The topological polar surface area (TPSA) is 61.6 Å². The molecule has 0 saturated carbocycles. The van der Waals surface area contributed by atoms with Gasteiger partial charge in [0.2, 0.25) is 0 Å². The molecule has 4 nitrogen and oxygen atoms in total. The van der Waals surface area contributed by atoms with E-state index < -0.39 is 0 Å². The van der Waals surface area contributed by atoms with Crippen molar-refractivity contribution in [3.63, 3.8) is 0 Å². The van der Waals surface area contributed by atoms with Crippen LogP contribution in [0.5, 0.6) is 0 Å². The highest BCUT2D eigenvalue weighted by Crippen LogP contribution is 2.19. The van der Waals surface area contributed by atoms with Gasteiger partial charge in [0.05, 0.1) is 12.4 Å². The molecule has 1 aromatic rings. The van der Waals surface area contributed by atoms with Crippen molar-refractivity contribution in [1.29, 1.82) is 5.26 Å². The van der Waals surface area contributed by atoms with Gasteiger partial charge in [-0.3, -0.25) is 0 Å². The summed E-state index contributed by atoms with van der Waals surface area (Å²) >= 11 is 1.95. The molecule has 5 heteroatoms. The maximum absolute atomic E-state index is 8.54. The van der Waals surface area contributed by atoms with Crippen molar-refractivity contribution in [2.45, 2.75) is 12.5 Å². The van der Waals surface area contributed by atoms with Crippen molar-refractivity contribution in [3.8, 4) is 6.07 Å². The van der Waals surface area contributed by atoms with Crippen LogP contribution >= 0.6 is 11.8 Å². The summed E-state index contributed by atoms with van der Waals surface area (Å²) in [5, 5.41) is 11.8. The third-order valence-corrected chi connectivity index (χ3v) is 3.21. The Hall–Kier alpha value is -1.28. The number of nitriles is 1. The predicted octanol–water partition coefficient (Wildman–Crippen LogP) is 1.27. The Morgan fingerprint density at radius 3 is 3.00 bits per heavy atom. The molecule has 1 aliphatic rings. The number of thioether (sulfide) groups is 1. The third kappa shape index (κ3) is 2.15. The molecular weight excluding hydrogens is 196 g/mol. The van der Waals surface area contributed by atoms with Gasteiger partial charge in [-0.1, -0.05) is 0 Å². The van der Waals surface area contributed by atoms with E-state index in [0.717, 1.165) is 11.6 Å². The molecule has 0 radical (unpaired) electrons. The summed E-state index contributed by atoms with van der Waals surface area (Å²) in [6, 6.07) is 2.44. The Balaban J connectivity index is 1.99. The van der Waals surface area contributed by atoms with E-state index in [2.05, 4.69) is 15.3 Å². The van der Waals surface area contributed by atoms with Crippen molar-refractivity contribution in [3.05, 3.63) is 18.1 Å². The maximum atomic E-state index is 8.54. The molecule has 2 rings (SSSR count). The van der Waals surface area contributed by atoms with E-state index in [-0.39, 0.29) is 0 Å². The van der Waals surface area contributed by atoms with Crippen LogP contribution in [0.15, 0.2) is 12.4 Å². The third-order valence-electron chi connectivity index (χ3n) is 2.05. The van der Waals surface area contributed by atoms with E-state index >= 15 is 0 Å². The van der Waals surface area contributed by atoms with Crippen molar-refractivity contribution in [2.24, 2.45) is 0 Å². The zero-order valence-electron chi connectivity index (χ0n) is 7.60.